The van der Waals surface area contributed by atoms with Crippen LogP contribution in [0.15, 0.2) is 47.0 Å². The molecule has 1 heterocycles. The van der Waals surface area contributed by atoms with E-state index in [1.807, 2.05) is 49.4 Å². The summed E-state index contributed by atoms with van der Waals surface area (Å²) in [5, 5.41) is 5.75. The van der Waals surface area contributed by atoms with E-state index < -0.39 is 5.97 Å². The first kappa shape index (κ1) is 17.7. The standard InChI is InChI=1S/C20H20N2O4/c1-4-22(17-11-7-9-15-8-5-6-10-16(15)17)18(23)12-25-20(24)19-13(2)21-26-14(19)3/h5-11H,4,12H2,1-3H3. The Morgan fingerprint density at radius 3 is 2.54 bits per heavy atom. The lowest BCUT2D eigenvalue weighted by Crippen LogP contribution is -2.34. The highest BCUT2D eigenvalue weighted by Gasteiger charge is 2.22. The zero-order chi connectivity index (χ0) is 18.7. The number of ether oxygens (including phenoxy) is 1. The minimum atomic E-state index is -0.608. The van der Waals surface area contributed by atoms with E-state index in [1.54, 1.807) is 18.7 Å². The van der Waals surface area contributed by atoms with Gasteiger partial charge in [0.05, 0.1) is 11.4 Å². The van der Waals surface area contributed by atoms with Gasteiger partial charge in [-0.3, -0.25) is 4.79 Å². The van der Waals surface area contributed by atoms with E-state index in [2.05, 4.69) is 5.16 Å². The minimum absolute atomic E-state index is 0.269. The number of nitrogens with zero attached hydrogens (tertiary/aromatic N) is 2. The summed E-state index contributed by atoms with van der Waals surface area (Å²) in [6.45, 7) is 5.29. The molecule has 3 aromatic rings. The summed E-state index contributed by atoms with van der Waals surface area (Å²) in [7, 11) is 0. The number of likely N-dealkylation sites (N-methyl/N-ethyl adjacent to an activating group) is 1. The number of anilines is 1. The molecule has 0 saturated carbocycles. The second kappa shape index (κ2) is 7.39. The number of carbonyl (C=O) groups is 2. The minimum Gasteiger partial charge on any atom is -0.452 e. The van der Waals surface area contributed by atoms with Gasteiger partial charge in [0.2, 0.25) is 0 Å². The Balaban J connectivity index is 1.78. The summed E-state index contributed by atoms with van der Waals surface area (Å²) in [4.78, 5) is 26.5. The summed E-state index contributed by atoms with van der Waals surface area (Å²) in [6, 6.07) is 13.6. The van der Waals surface area contributed by atoms with Gasteiger partial charge in [0.25, 0.3) is 5.91 Å². The smallest absolute Gasteiger partial charge is 0.344 e. The molecule has 0 atom stereocenters. The number of amides is 1. The molecule has 0 unspecified atom stereocenters. The van der Waals surface area contributed by atoms with Crippen molar-refractivity contribution >= 4 is 28.3 Å². The van der Waals surface area contributed by atoms with E-state index in [4.69, 9.17) is 9.26 Å². The van der Waals surface area contributed by atoms with Crippen LogP contribution in [0.2, 0.25) is 0 Å². The molecule has 26 heavy (non-hydrogen) atoms. The molecule has 0 fully saturated rings. The Labute approximate surface area is 151 Å². The van der Waals surface area contributed by atoms with Crippen LogP contribution in [0, 0.1) is 13.8 Å². The first-order valence-corrected chi connectivity index (χ1v) is 8.41. The van der Waals surface area contributed by atoms with Crippen molar-refractivity contribution < 1.29 is 18.8 Å². The molecule has 0 saturated heterocycles. The molecule has 0 N–H and O–H groups in total. The topological polar surface area (TPSA) is 72.6 Å². The third-order valence-corrected chi connectivity index (χ3v) is 4.24. The van der Waals surface area contributed by atoms with Crippen LogP contribution in [-0.4, -0.2) is 30.2 Å². The number of aromatic nitrogens is 1. The number of benzene rings is 2. The summed E-state index contributed by atoms with van der Waals surface area (Å²) in [5.41, 5.74) is 1.51. The number of hydrogen-bond acceptors (Lipinski definition) is 5. The van der Waals surface area contributed by atoms with Crippen molar-refractivity contribution in [2.45, 2.75) is 20.8 Å². The Hall–Kier alpha value is -3.15. The van der Waals surface area contributed by atoms with Crippen molar-refractivity contribution in [1.82, 2.24) is 5.16 Å². The van der Waals surface area contributed by atoms with Gasteiger partial charge in [0, 0.05) is 11.9 Å². The molecule has 1 amide bonds. The average molecular weight is 352 g/mol. The predicted octanol–water partition coefficient (Wildman–Crippen LogP) is 3.65. The highest BCUT2D eigenvalue weighted by Crippen LogP contribution is 2.26. The van der Waals surface area contributed by atoms with Gasteiger partial charge in [-0.1, -0.05) is 41.6 Å². The van der Waals surface area contributed by atoms with E-state index in [1.165, 1.54) is 0 Å². The summed E-state index contributed by atoms with van der Waals surface area (Å²) < 4.78 is 10.2. The van der Waals surface area contributed by atoms with Crippen LogP contribution in [0.25, 0.3) is 10.8 Å². The molecule has 0 radical (unpaired) electrons. The number of fused-ring (bicyclic) bond motifs is 1. The largest absolute Gasteiger partial charge is 0.452 e. The molecule has 0 aliphatic heterocycles. The van der Waals surface area contributed by atoms with Gasteiger partial charge < -0.3 is 14.2 Å². The number of carbonyl (C=O) groups excluding carboxylic acids is 2. The van der Waals surface area contributed by atoms with E-state index in [0.29, 0.717) is 18.0 Å². The molecular formula is C20H20N2O4. The van der Waals surface area contributed by atoms with Crippen LogP contribution in [-0.2, 0) is 9.53 Å². The molecule has 2 aromatic carbocycles. The van der Waals surface area contributed by atoms with E-state index in [0.717, 1.165) is 16.5 Å². The first-order valence-electron chi connectivity index (χ1n) is 8.41. The van der Waals surface area contributed by atoms with Crippen molar-refractivity contribution in [2.24, 2.45) is 0 Å². The van der Waals surface area contributed by atoms with Crippen LogP contribution < -0.4 is 4.90 Å². The second-order valence-electron chi connectivity index (χ2n) is 5.91. The van der Waals surface area contributed by atoms with Gasteiger partial charge in [0.1, 0.15) is 11.3 Å². The number of aryl methyl sites for hydroxylation is 2. The fourth-order valence-corrected chi connectivity index (χ4v) is 2.98. The zero-order valence-electron chi connectivity index (χ0n) is 15.0. The highest BCUT2D eigenvalue weighted by molar-refractivity contribution is 6.04. The summed E-state index contributed by atoms with van der Waals surface area (Å²) >= 11 is 0. The zero-order valence-corrected chi connectivity index (χ0v) is 15.0. The second-order valence-corrected chi connectivity index (χ2v) is 5.91. The van der Waals surface area contributed by atoms with E-state index in [9.17, 15) is 9.59 Å². The molecule has 6 nitrogen and oxygen atoms in total. The fraction of sp³-hybridized carbons (Fsp3) is 0.250. The van der Waals surface area contributed by atoms with Crippen LogP contribution in [0.1, 0.15) is 28.7 Å². The van der Waals surface area contributed by atoms with E-state index in [-0.39, 0.29) is 18.1 Å². The molecule has 134 valence electrons. The summed E-state index contributed by atoms with van der Waals surface area (Å²) in [5.74, 6) is -0.520. The van der Waals surface area contributed by atoms with Crippen molar-refractivity contribution in [1.29, 1.82) is 0 Å². The molecule has 0 aliphatic carbocycles. The normalized spacial score (nSPS) is 10.7. The third-order valence-electron chi connectivity index (χ3n) is 4.24. The lowest BCUT2D eigenvalue weighted by molar-refractivity contribution is -0.121. The van der Waals surface area contributed by atoms with E-state index >= 15 is 0 Å². The fourth-order valence-electron chi connectivity index (χ4n) is 2.98. The number of rotatable bonds is 5. The van der Waals surface area contributed by atoms with Gasteiger partial charge in [-0.05, 0) is 32.2 Å². The van der Waals surface area contributed by atoms with Crippen molar-refractivity contribution in [3.05, 3.63) is 59.5 Å². The van der Waals surface area contributed by atoms with Gasteiger partial charge in [-0.15, -0.1) is 0 Å². The Morgan fingerprint density at radius 2 is 1.85 bits per heavy atom. The number of hydrogen-bond donors (Lipinski definition) is 0. The van der Waals surface area contributed by atoms with Gasteiger partial charge in [0.15, 0.2) is 6.61 Å². The van der Waals surface area contributed by atoms with Crippen molar-refractivity contribution in [3.63, 3.8) is 0 Å². The maximum Gasteiger partial charge on any atom is 0.344 e. The number of esters is 1. The molecular weight excluding hydrogens is 332 g/mol. The average Bonchev–Trinajstić information content (AvgIpc) is 2.99. The quantitative estimate of drug-likeness (QED) is 0.655. The molecule has 0 bridgehead atoms. The molecule has 3 rings (SSSR count). The maximum atomic E-state index is 12.7. The Morgan fingerprint density at radius 1 is 1.12 bits per heavy atom. The predicted molar refractivity (Wildman–Crippen MR) is 98.2 cm³/mol. The van der Waals surface area contributed by atoms with Crippen LogP contribution in [0.4, 0.5) is 5.69 Å². The van der Waals surface area contributed by atoms with Crippen LogP contribution in [0.5, 0.6) is 0 Å². The van der Waals surface area contributed by atoms with Crippen LogP contribution >= 0.6 is 0 Å². The molecule has 0 aliphatic rings. The van der Waals surface area contributed by atoms with Crippen molar-refractivity contribution in [3.8, 4) is 0 Å². The SMILES string of the molecule is CCN(C(=O)COC(=O)c1c(C)noc1C)c1cccc2ccccc12. The van der Waals surface area contributed by atoms with Crippen LogP contribution in [0.3, 0.4) is 0 Å². The monoisotopic (exact) mass is 352 g/mol. The summed E-state index contributed by atoms with van der Waals surface area (Å²) in [6.07, 6.45) is 0. The molecule has 1 aromatic heterocycles. The Bertz CT molecular complexity index is 937. The third kappa shape index (κ3) is 3.31. The lowest BCUT2D eigenvalue weighted by atomic mass is 10.1. The van der Waals surface area contributed by atoms with Gasteiger partial charge in [-0.2, -0.15) is 0 Å². The van der Waals surface area contributed by atoms with Gasteiger partial charge >= 0.3 is 5.97 Å². The van der Waals surface area contributed by atoms with Crippen molar-refractivity contribution in [2.75, 3.05) is 18.1 Å². The molecule has 0 spiro atoms. The maximum absolute atomic E-state index is 12.7. The molecule has 6 heteroatoms. The first-order chi connectivity index (χ1) is 12.5. The lowest BCUT2D eigenvalue weighted by Gasteiger charge is -2.22. The highest BCUT2D eigenvalue weighted by atomic mass is 16.5. The van der Waals surface area contributed by atoms with Gasteiger partial charge in [-0.25, -0.2) is 4.79 Å². The Kier molecular flexibility index (Phi) is 5.02.